The fourth-order valence-corrected chi connectivity index (χ4v) is 8.16. The van der Waals surface area contributed by atoms with Crippen LogP contribution < -0.4 is 9.47 Å². The van der Waals surface area contributed by atoms with E-state index in [0.717, 1.165) is 24.3 Å². The van der Waals surface area contributed by atoms with Crippen LogP contribution in [0.3, 0.4) is 0 Å². The lowest BCUT2D eigenvalue weighted by Crippen LogP contribution is -2.56. The number of nitrogens with zero attached hydrogens (tertiary/aromatic N) is 2. The van der Waals surface area contributed by atoms with Crippen LogP contribution in [0.4, 0.5) is 52.7 Å². The number of ether oxygens (including phenoxy) is 2. The van der Waals surface area contributed by atoms with Gasteiger partial charge in [-0.05, 0) is 103 Å². The molecule has 0 atom stereocenters. The van der Waals surface area contributed by atoms with Crippen LogP contribution in [0.25, 0.3) is 0 Å². The monoisotopic (exact) mass is 904 g/mol. The number of hydrogen-bond donors (Lipinski definition) is 0. The summed E-state index contributed by atoms with van der Waals surface area (Å²) in [5.74, 6) is -0.666. The van der Waals surface area contributed by atoms with Crippen molar-refractivity contribution in [3.8, 4) is 29.4 Å². The van der Waals surface area contributed by atoms with Crippen molar-refractivity contribution >= 4 is 0 Å². The van der Waals surface area contributed by atoms with E-state index in [4.69, 9.17) is 9.47 Å². The van der Waals surface area contributed by atoms with Crippen molar-refractivity contribution in [3.63, 3.8) is 0 Å². The molecule has 0 heterocycles. The number of halogens is 12. The first-order valence-corrected chi connectivity index (χ1v) is 19.6. The predicted molar refractivity (Wildman–Crippen MR) is 214 cm³/mol. The van der Waals surface area contributed by atoms with Gasteiger partial charge in [-0.2, -0.15) is 63.2 Å². The van der Waals surface area contributed by atoms with Gasteiger partial charge in [0.15, 0.2) is 0 Å². The molecule has 0 spiro atoms. The Balaban J connectivity index is 1.67. The average molecular weight is 905 g/mol. The van der Waals surface area contributed by atoms with E-state index >= 15 is 52.7 Å². The third-order valence-electron chi connectivity index (χ3n) is 12.0. The van der Waals surface area contributed by atoms with E-state index in [2.05, 4.69) is 0 Å². The molecule has 0 aliphatic carbocycles. The Kier molecular flexibility index (Phi) is 13.0. The number of hydrogen-bond acceptors (Lipinski definition) is 4. The summed E-state index contributed by atoms with van der Waals surface area (Å²) in [7, 11) is 0. The van der Waals surface area contributed by atoms with E-state index in [0.29, 0.717) is 53.8 Å². The molecule has 5 aromatic rings. The second-order valence-corrected chi connectivity index (χ2v) is 16.0. The van der Waals surface area contributed by atoms with Crippen LogP contribution in [0, 0.1) is 29.6 Å². The van der Waals surface area contributed by atoms with Gasteiger partial charge in [0.1, 0.15) is 28.9 Å². The van der Waals surface area contributed by atoms with Crippen LogP contribution in [-0.4, -0.2) is 24.7 Å². The quantitative estimate of drug-likeness (QED) is 0.117. The van der Waals surface area contributed by atoms with Gasteiger partial charge in [0.05, 0.1) is 17.2 Å². The summed E-state index contributed by atoms with van der Waals surface area (Å²) in [6, 6.07) is 18.1. The smallest absolute Gasteiger partial charge is 0.411 e. The van der Waals surface area contributed by atoms with Gasteiger partial charge in [-0.3, -0.25) is 0 Å². The van der Waals surface area contributed by atoms with Crippen molar-refractivity contribution in [3.05, 3.63) is 159 Å². The SMILES string of the molecule is CCC(C)(CC)c1cccc(Oc2ccc(C(c3cccc(C(c4ccc(OC(C)(C)c5cccc(C)c5C#N)cc4)(C(F)(F)F)C(F)(F)F)c3)(C(F)(F)F)C(F)(F)F)cc2)c1C#N. The molecule has 0 N–H and O–H groups in total. The largest absolute Gasteiger partial charge is 0.483 e. The zero-order valence-corrected chi connectivity index (χ0v) is 35.1. The average Bonchev–Trinajstić information content (AvgIpc) is 3.20. The van der Waals surface area contributed by atoms with Crippen molar-refractivity contribution in [2.45, 2.75) is 101 Å². The first kappa shape index (κ1) is 48.9. The van der Waals surface area contributed by atoms with Gasteiger partial charge >= 0.3 is 24.7 Å². The Labute approximate surface area is 361 Å². The lowest BCUT2D eigenvalue weighted by molar-refractivity contribution is -0.289. The molecule has 5 rings (SSSR count). The summed E-state index contributed by atoms with van der Waals surface area (Å²) in [5, 5.41) is 19.7. The van der Waals surface area contributed by atoms with Crippen molar-refractivity contribution in [1.82, 2.24) is 0 Å². The van der Waals surface area contributed by atoms with Crippen LogP contribution in [0.15, 0.2) is 109 Å². The van der Waals surface area contributed by atoms with Crippen LogP contribution in [-0.2, 0) is 21.8 Å². The summed E-state index contributed by atoms with van der Waals surface area (Å²) in [4.78, 5) is 0. The number of benzene rings is 5. The lowest BCUT2D eigenvalue weighted by atomic mass is 9.68. The van der Waals surface area contributed by atoms with Crippen molar-refractivity contribution in [2.75, 3.05) is 0 Å². The predicted octanol–water partition coefficient (Wildman–Crippen LogP) is 14.7. The summed E-state index contributed by atoms with van der Waals surface area (Å²) < 4.78 is 196. The van der Waals surface area contributed by atoms with Crippen LogP contribution >= 0.6 is 0 Å². The standard InChI is InChI=1S/C48H40F12N2O2/c1-7-42(6,8-2)39-16-11-17-40(37(39)28-62)63-34-22-18-30(19-23-34)43(45(49,50)51,46(52,53)54)32-13-10-14-33(26-32)44(47(55,56)57,48(58,59)60)31-20-24-35(25-21-31)64-41(4,5)38-15-9-12-29(3)36(38)27-61/h9-26H,7-8H2,1-6H3. The van der Waals surface area contributed by atoms with Gasteiger partial charge in [0.25, 0.3) is 0 Å². The van der Waals surface area contributed by atoms with E-state index in [1.54, 1.807) is 31.2 Å². The van der Waals surface area contributed by atoms with Crippen LogP contribution in [0.2, 0.25) is 0 Å². The highest BCUT2D eigenvalue weighted by molar-refractivity contribution is 5.55. The molecule has 64 heavy (non-hydrogen) atoms. The zero-order chi connectivity index (χ0) is 47.9. The Morgan fingerprint density at radius 1 is 0.484 bits per heavy atom. The third-order valence-corrected chi connectivity index (χ3v) is 12.0. The number of nitriles is 2. The molecule has 0 unspecified atom stereocenters. The third kappa shape index (κ3) is 8.23. The highest BCUT2D eigenvalue weighted by Gasteiger charge is 2.75. The first-order valence-electron chi connectivity index (χ1n) is 19.6. The molecular formula is C48H40F12N2O2. The molecule has 0 amide bonds. The maximum Gasteiger partial charge on any atom is 0.411 e. The lowest BCUT2D eigenvalue weighted by Gasteiger charge is -2.41. The van der Waals surface area contributed by atoms with Gasteiger partial charge < -0.3 is 9.47 Å². The minimum atomic E-state index is -6.41. The zero-order valence-electron chi connectivity index (χ0n) is 35.1. The van der Waals surface area contributed by atoms with E-state index in [1.807, 2.05) is 32.9 Å². The molecule has 0 bridgehead atoms. The molecule has 338 valence electrons. The molecule has 0 aliphatic heterocycles. The number of rotatable bonds is 12. The maximum atomic E-state index is 15.3. The van der Waals surface area contributed by atoms with Crippen molar-refractivity contribution in [2.24, 2.45) is 0 Å². The summed E-state index contributed by atoms with van der Waals surface area (Å²) in [6.45, 7) is 10.3. The van der Waals surface area contributed by atoms with Gasteiger partial charge in [0.2, 0.25) is 10.8 Å². The highest BCUT2D eigenvalue weighted by atomic mass is 19.4. The molecule has 0 radical (unpaired) electrons. The molecule has 0 aromatic heterocycles. The van der Waals surface area contributed by atoms with Gasteiger partial charge in [-0.1, -0.05) is 99.6 Å². The topological polar surface area (TPSA) is 66.0 Å². The molecular weight excluding hydrogens is 865 g/mol. The molecule has 0 saturated heterocycles. The van der Waals surface area contributed by atoms with Crippen molar-refractivity contribution < 1.29 is 62.2 Å². The fraction of sp³-hybridized carbons (Fsp3) is 0.333. The fourth-order valence-electron chi connectivity index (χ4n) is 8.16. The van der Waals surface area contributed by atoms with Gasteiger partial charge in [0, 0.05) is 5.56 Å². The molecule has 0 saturated carbocycles. The summed E-state index contributed by atoms with van der Waals surface area (Å²) in [6.07, 6.45) is -24.4. The molecule has 4 nitrogen and oxygen atoms in total. The van der Waals surface area contributed by atoms with E-state index in [-0.39, 0.29) is 52.6 Å². The first-order chi connectivity index (χ1) is 29.6. The normalized spacial score (nSPS) is 13.2. The minimum absolute atomic E-state index is 0.0646. The van der Waals surface area contributed by atoms with Crippen LogP contribution in [0.1, 0.15) is 97.5 Å². The Morgan fingerprint density at radius 3 is 1.31 bits per heavy atom. The van der Waals surface area contributed by atoms with Crippen LogP contribution in [0.5, 0.6) is 17.2 Å². The number of aryl methyl sites for hydroxylation is 1. The van der Waals surface area contributed by atoms with Gasteiger partial charge in [-0.25, -0.2) is 0 Å². The minimum Gasteiger partial charge on any atom is -0.483 e. The number of alkyl halides is 12. The van der Waals surface area contributed by atoms with E-state index < -0.39 is 68.8 Å². The molecule has 16 heteroatoms. The maximum absolute atomic E-state index is 15.3. The van der Waals surface area contributed by atoms with E-state index in [1.165, 1.54) is 26.0 Å². The Bertz CT molecular complexity index is 2530. The molecule has 5 aromatic carbocycles. The molecule has 0 fully saturated rings. The van der Waals surface area contributed by atoms with E-state index in [9.17, 15) is 10.5 Å². The highest BCUT2D eigenvalue weighted by Crippen LogP contribution is 2.60. The second-order valence-electron chi connectivity index (χ2n) is 16.0. The second kappa shape index (κ2) is 17.1. The summed E-state index contributed by atoms with van der Waals surface area (Å²) in [5.41, 5.74) is -17.6. The summed E-state index contributed by atoms with van der Waals surface area (Å²) >= 11 is 0. The van der Waals surface area contributed by atoms with Crippen molar-refractivity contribution in [1.29, 1.82) is 10.5 Å². The van der Waals surface area contributed by atoms with Gasteiger partial charge in [-0.15, -0.1) is 0 Å². The Morgan fingerprint density at radius 2 is 0.891 bits per heavy atom. The molecule has 0 aliphatic rings. The Hall–Kier alpha value is -6.16.